The molecule has 0 N–H and O–H groups in total. The molecule has 0 aromatic heterocycles. The van der Waals surface area contributed by atoms with Gasteiger partial charge in [0.05, 0.1) is 13.0 Å². The number of rotatable bonds is 5. The molecule has 6 aliphatic rings. The first-order valence-electron chi connectivity index (χ1n) is 11.3. The molecule has 1 saturated heterocycles. The molecule has 6 atom stereocenters. The Labute approximate surface area is 178 Å². The normalized spacial score (nSPS) is 42.4. The van der Waals surface area contributed by atoms with Gasteiger partial charge in [-0.05, 0) is 57.2 Å². The zero-order chi connectivity index (χ0) is 20.9. The number of piperidine rings is 1. The van der Waals surface area contributed by atoms with Crippen LogP contribution in [0.4, 0.5) is 0 Å². The maximum absolute atomic E-state index is 12.9. The number of benzene rings is 1. The first-order valence-corrected chi connectivity index (χ1v) is 11.3. The Bertz CT molecular complexity index is 959. The molecule has 2 aliphatic heterocycles. The van der Waals surface area contributed by atoms with Crippen molar-refractivity contribution in [3.8, 4) is 11.5 Å². The van der Waals surface area contributed by atoms with Crippen LogP contribution < -0.4 is 9.47 Å². The number of hydrogen-bond acceptors (Lipinski definition) is 5. The predicted octanol–water partition coefficient (Wildman–Crippen LogP) is 3.28. The maximum Gasteiger partial charge on any atom is 0.165 e. The Kier molecular flexibility index (Phi) is 3.71. The quantitative estimate of drug-likeness (QED) is 0.699. The van der Waals surface area contributed by atoms with Gasteiger partial charge in [0.25, 0.3) is 0 Å². The van der Waals surface area contributed by atoms with Crippen molar-refractivity contribution in [2.24, 2.45) is 11.3 Å². The maximum atomic E-state index is 12.9. The number of hydrogen-bond donors (Lipinski definition) is 0. The van der Waals surface area contributed by atoms with Gasteiger partial charge >= 0.3 is 0 Å². The number of carbonyl (C=O) groups is 1. The summed E-state index contributed by atoms with van der Waals surface area (Å²) < 4.78 is 18.9. The van der Waals surface area contributed by atoms with E-state index in [1.807, 2.05) is 6.08 Å². The van der Waals surface area contributed by atoms with Crippen LogP contribution in [0.15, 0.2) is 24.8 Å². The van der Waals surface area contributed by atoms with E-state index in [0.29, 0.717) is 6.04 Å². The van der Waals surface area contributed by atoms with E-state index >= 15 is 0 Å². The first kappa shape index (κ1) is 18.9. The highest BCUT2D eigenvalue weighted by atomic mass is 16.6. The minimum atomic E-state index is -0.558. The molecule has 160 valence electrons. The third-order valence-corrected chi connectivity index (χ3v) is 9.53. The highest BCUT2D eigenvalue weighted by Crippen LogP contribution is 2.76. The lowest BCUT2D eigenvalue weighted by Gasteiger charge is -2.73. The average molecular weight is 410 g/mol. The summed E-state index contributed by atoms with van der Waals surface area (Å²) in [5, 5.41) is 0. The van der Waals surface area contributed by atoms with Crippen molar-refractivity contribution in [2.45, 2.75) is 62.2 Å². The van der Waals surface area contributed by atoms with Crippen molar-refractivity contribution < 1.29 is 19.0 Å². The van der Waals surface area contributed by atoms with Crippen molar-refractivity contribution in [3.05, 3.63) is 35.9 Å². The van der Waals surface area contributed by atoms with Gasteiger partial charge in [-0.2, -0.15) is 0 Å². The summed E-state index contributed by atoms with van der Waals surface area (Å²) in [5.41, 5.74) is 2.12. The van der Waals surface area contributed by atoms with E-state index in [1.165, 1.54) is 11.1 Å². The molecule has 0 unspecified atom stereocenters. The molecule has 5 nitrogen and oxygen atoms in total. The van der Waals surface area contributed by atoms with Gasteiger partial charge in [-0.25, -0.2) is 0 Å². The topological polar surface area (TPSA) is 48.0 Å². The van der Waals surface area contributed by atoms with Gasteiger partial charge in [0, 0.05) is 36.1 Å². The van der Waals surface area contributed by atoms with Gasteiger partial charge in [-0.1, -0.05) is 12.1 Å². The van der Waals surface area contributed by atoms with Crippen LogP contribution in [0.3, 0.4) is 0 Å². The van der Waals surface area contributed by atoms with Crippen LogP contribution in [-0.4, -0.2) is 55.7 Å². The number of carbonyl (C=O) groups excluding carboxylic acids is 1. The predicted molar refractivity (Wildman–Crippen MR) is 113 cm³/mol. The molecule has 1 aromatic rings. The highest BCUT2D eigenvalue weighted by molar-refractivity contribution is 5.81. The first-order chi connectivity index (χ1) is 14.5. The molecule has 4 fully saturated rings. The summed E-state index contributed by atoms with van der Waals surface area (Å²) in [6.07, 6.45) is 6.78. The van der Waals surface area contributed by atoms with Crippen molar-refractivity contribution in [1.82, 2.24) is 4.90 Å². The molecule has 4 aliphatic carbocycles. The second kappa shape index (κ2) is 5.89. The van der Waals surface area contributed by atoms with Gasteiger partial charge in [0.2, 0.25) is 0 Å². The molecular weight excluding hydrogens is 378 g/mol. The van der Waals surface area contributed by atoms with Crippen molar-refractivity contribution in [2.75, 3.05) is 27.3 Å². The van der Waals surface area contributed by atoms with E-state index in [-0.39, 0.29) is 28.6 Å². The van der Waals surface area contributed by atoms with Gasteiger partial charge in [-0.3, -0.25) is 9.69 Å². The minimum Gasteiger partial charge on any atom is -0.493 e. The Morgan fingerprint density at radius 3 is 2.87 bits per heavy atom. The molecule has 5 heteroatoms. The van der Waals surface area contributed by atoms with Crippen LogP contribution in [0.25, 0.3) is 0 Å². The van der Waals surface area contributed by atoms with Gasteiger partial charge in [-0.15, -0.1) is 6.58 Å². The number of fused-ring (bicyclic) bond motifs is 2. The number of ketones is 1. The Hall–Kier alpha value is -1.85. The smallest absolute Gasteiger partial charge is 0.165 e. The molecule has 2 heterocycles. The van der Waals surface area contributed by atoms with Crippen molar-refractivity contribution >= 4 is 5.78 Å². The van der Waals surface area contributed by atoms with E-state index in [9.17, 15) is 4.79 Å². The average Bonchev–Trinajstić information content (AvgIpc) is 3.12. The molecule has 2 spiro atoms. The van der Waals surface area contributed by atoms with Crippen LogP contribution in [0.5, 0.6) is 11.5 Å². The van der Waals surface area contributed by atoms with Crippen LogP contribution in [0, 0.1) is 11.3 Å². The molecule has 7 rings (SSSR count). The third-order valence-electron chi connectivity index (χ3n) is 9.53. The largest absolute Gasteiger partial charge is 0.493 e. The summed E-state index contributed by atoms with van der Waals surface area (Å²) in [7, 11) is 3.50. The van der Waals surface area contributed by atoms with Crippen LogP contribution >= 0.6 is 0 Å². The van der Waals surface area contributed by atoms with Crippen molar-refractivity contribution in [3.63, 3.8) is 0 Å². The monoisotopic (exact) mass is 409 g/mol. The summed E-state index contributed by atoms with van der Waals surface area (Å²) in [4.78, 5) is 15.6. The summed E-state index contributed by atoms with van der Waals surface area (Å²) in [6, 6.07) is 4.70. The fourth-order valence-electron chi connectivity index (χ4n) is 8.55. The molecule has 1 aromatic carbocycles. The second-order valence-corrected chi connectivity index (χ2v) is 10.0. The van der Waals surface area contributed by atoms with Crippen LogP contribution in [0.1, 0.15) is 43.7 Å². The summed E-state index contributed by atoms with van der Waals surface area (Å²) >= 11 is 0. The fourth-order valence-corrected chi connectivity index (χ4v) is 8.55. The summed E-state index contributed by atoms with van der Waals surface area (Å²) in [6.45, 7) is 7.69. The Morgan fingerprint density at radius 1 is 1.33 bits per heavy atom. The standard InChI is InChI=1S/C25H31NO4/c1-5-11-26-12-10-24-20-16-6-7-18(28-3)21(20)30-22(24)25(29-4)9-8-23(24,19(26)13-16)14-17(25)15(2)27/h5-7,17,19,22H,1,8-14H2,2-4H3/t17-,19-,22-,23-,24+,25-/m1/s1. The molecule has 0 amide bonds. The van der Waals surface area contributed by atoms with E-state index < -0.39 is 5.60 Å². The molecule has 4 bridgehead atoms. The van der Waals surface area contributed by atoms with Gasteiger partial charge in [0.15, 0.2) is 11.5 Å². The van der Waals surface area contributed by atoms with Crippen LogP contribution in [-0.2, 0) is 21.4 Å². The zero-order valence-electron chi connectivity index (χ0n) is 18.2. The fraction of sp³-hybridized carbons (Fsp3) is 0.640. The highest BCUT2D eigenvalue weighted by Gasteiger charge is 2.81. The van der Waals surface area contributed by atoms with Crippen molar-refractivity contribution in [1.29, 1.82) is 0 Å². The molecule has 30 heavy (non-hydrogen) atoms. The lowest BCUT2D eigenvalue weighted by Crippen LogP contribution is -2.81. The number of methoxy groups -OCH3 is 2. The second-order valence-electron chi connectivity index (χ2n) is 10.0. The van der Waals surface area contributed by atoms with Crippen LogP contribution in [0.2, 0.25) is 0 Å². The minimum absolute atomic E-state index is 0.0279. The lowest BCUT2D eigenvalue weighted by atomic mass is 9.34. The number of likely N-dealkylation sites (tertiary alicyclic amines) is 1. The van der Waals surface area contributed by atoms with E-state index in [0.717, 1.165) is 56.7 Å². The van der Waals surface area contributed by atoms with E-state index in [1.54, 1.807) is 21.1 Å². The van der Waals surface area contributed by atoms with E-state index in [4.69, 9.17) is 14.2 Å². The van der Waals surface area contributed by atoms with Gasteiger partial charge < -0.3 is 14.2 Å². The number of Topliss-reactive ketones (excluding diaryl/α,β-unsaturated/α-hetero) is 1. The third kappa shape index (κ3) is 1.79. The molecule has 3 saturated carbocycles. The molecular formula is C25H31NO4. The number of ether oxygens (including phenoxy) is 3. The molecule has 0 radical (unpaired) electrons. The summed E-state index contributed by atoms with van der Waals surface area (Å²) in [5.74, 6) is 1.83. The Balaban J connectivity index is 1.66. The number of nitrogens with zero attached hydrogens (tertiary/aromatic N) is 1. The Morgan fingerprint density at radius 2 is 2.17 bits per heavy atom. The lowest BCUT2D eigenvalue weighted by molar-refractivity contribution is -0.270. The zero-order valence-corrected chi connectivity index (χ0v) is 18.2. The van der Waals surface area contributed by atoms with E-state index in [2.05, 4.69) is 23.6 Å². The van der Waals surface area contributed by atoms with Gasteiger partial charge in [0.1, 0.15) is 17.5 Å². The SMILES string of the molecule is C=CCN1CC[C@]23c4c5ccc(OC)c4O[C@H]2[C@@]2(OC)CC[C@@]3(C[C@@H]2C(C)=O)[C@H]1C5.